The molecular weight excluding hydrogens is 377 g/mol. The van der Waals surface area contributed by atoms with E-state index in [1.165, 1.54) is 6.07 Å². The summed E-state index contributed by atoms with van der Waals surface area (Å²) in [6.07, 6.45) is -3.96. The van der Waals surface area contributed by atoms with Crippen LogP contribution in [0, 0.1) is 11.3 Å². The second-order valence-electron chi connectivity index (χ2n) is 5.79. The molecule has 0 aromatic heterocycles. The SMILES string of the molecule is C[C@]1(O)C[C@@H](Nc2c(C#N)cc(OCCBr)cc2C(F)(F)F)C1. The van der Waals surface area contributed by atoms with E-state index >= 15 is 0 Å². The third-order valence-corrected chi connectivity index (χ3v) is 3.93. The summed E-state index contributed by atoms with van der Waals surface area (Å²) in [5.74, 6) is -0.000481. The fourth-order valence-corrected chi connectivity index (χ4v) is 2.79. The summed E-state index contributed by atoms with van der Waals surface area (Å²) >= 11 is 3.13. The maximum absolute atomic E-state index is 13.3. The Bertz CT molecular complexity index is 618. The van der Waals surface area contributed by atoms with Crippen molar-refractivity contribution in [3.8, 4) is 11.8 Å². The molecule has 2 N–H and O–H groups in total. The number of aliphatic hydroxyl groups is 1. The van der Waals surface area contributed by atoms with Gasteiger partial charge in [0.05, 0.1) is 29.0 Å². The first-order valence-corrected chi connectivity index (χ1v) is 8.11. The molecular formula is C15H16BrF3N2O2. The Morgan fingerprint density at radius 2 is 2.13 bits per heavy atom. The minimum atomic E-state index is -4.62. The van der Waals surface area contributed by atoms with Crippen LogP contribution in [0.25, 0.3) is 0 Å². The van der Waals surface area contributed by atoms with Gasteiger partial charge in [0, 0.05) is 17.4 Å². The van der Waals surface area contributed by atoms with Crippen molar-refractivity contribution in [2.45, 2.75) is 37.6 Å². The van der Waals surface area contributed by atoms with Crippen LogP contribution in [0.15, 0.2) is 12.1 Å². The predicted molar refractivity (Wildman–Crippen MR) is 82.7 cm³/mol. The molecule has 126 valence electrons. The molecule has 4 nitrogen and oxygen atoms in total. The lowest BCUT2D eigenvalue weighted by molar-refractivity contribution is -0.137. The van der Waals surface area contributed by atoms with E-state index in [4.69, 9.17) is 4.74 Å². The summed E-state index contributed by atoms with van der Waals surface area (Å²) in [4.78, 5) is 0. The molecule has 0 saturated heterocycles. The van der Waals surface area contributed by atoms with E-state index in [9.17, 15) is 23.5 Å². The number of nitrogens with zero attached hydrogens (tertiary/aromatic N) is 1. The van der Waals surface area contributed by atoms with Crippen molar-refractivity contribution in [1.82, 2.24) is 0 Å². The van der Waals surface area contributed by atoms with E-state index in [1.54, 1.807) is 13.0 Å². The number of nitrogens with one attached hydrogen (secondary N) is 1. The molecule has 8 heteroatoms. The van der Waals surface area contributed by atoms with Crippen molar-refractivity contribution in [3.63, 3.8) is 0 Å². The Hall–Kier alpha value is -1.46. The molecule has 1 aromatic rings. The van der Waals surface area contributed by atoms with Gasteiger partial charge in [0.1, 0.15) is 11.8 Å². The number of anilines is 1. The molecule has 1 aromatic carbocycles. The lowest BCUT2D eigenvalue weighted by Gasteiger charge is -2.42. The van der Waals surface area contributed by atoms with E-state index < -0.39 is 17.3 Å². The number of ether oxygens (including phenoxy) is 1. The van der Waals surface area contributed by atoms with Crippen molar-refractivity contribution in [2.75, 3.05) is 17.3 Å². The van der Waals surface area contributed by atoms with Gasteiger partial charge in [0.15, 0.2) is 0 Å². The minimum absolute atomic E-state index is 0.000481. The second kappa shape index (κ2) is 6.57. The predicted octanol–water partition coefficient (Wildman–Crippen LogP) is 3.68. The number of alkyl halides is 4. The topological polar surface area (TPSA) is 65.3 Å². The zero-order valence-electron chi connectivity index (χ0n) is 12.4. The van der Waals surface area contributed by atoms with Crippen LogP contribution < -0.4 is 10.1 Å². The molecule has 0 spiro atoms. The molecule has 1 fully saturated rings. The molecule has 1 aliphatic carbocycles. The first kappa shape index (κ1) is 17.9. The van der Waals surface area contributed by atoms with E-state index in [0.29, 0.717) is 18.2 Å². The van der Waals surface area contributed by atoms with E-state index in [0.717, 1.165) is 6.07 Å². The normalized spacial score (nSPS) is 23.8. The average molecular weight is 393 g/mol. The number of hydrogen-bond acceptors (Lipinski definition) is 4. The first-order chi connectivity index (χ1) is 10.7. The molecule has 0 aliphatic heterocycles. The highest BCUT2D eigenvalue weighted by Gasteiger charge is 2.41. The molecule has 0 atom stereocenters. The Labute approximate surface area is 140 Å². The maximum atomic E-state index is 13.3. The van der Waals surface area contributed by atoms with Gasteiger partial charge < -0.3 is 15.2 Å². The third kappa shape index (κ3) is 4.30. The minimum Gasteiger partial charge on any atom is -0.493 e. The van der Waals surface area contributed by atoms with Crippen LogP contribution in [0.4, 0.5) is 18.9 Å². The van der Waals surface area contributed by atoms with Gasteiger partial charge in [-0.25, -0.2) is 0 Å². The fourth-order valence-electron chi connectivity index (χ4n) is 2.63. The van der Waals surface area contributed by atoms with Crippen molar-refractivity contribution in [1.29, 1.82) is 5.26 Å². The molecule has 1 saturated carbocycles. The zero-order valence-corrected chi connectivity index (χ0v) is 14.0. The fraction of sp³-hybridized carbons (Fsp3) is 0.533. The second-order valence-corrected chi connectivity index (χ2v) is 6.58. The molecule has 2 rings (SSSR count). The highest BCUT2D eigenvalue weighted by atomic mass is 79.9. The van der Waals surface area contributed by atoms with Gasteiger partial charge >= 0.3 is 6.18 Å². The monoisotopic (exact) mass is 392 g/mol. The number of hydrogen-bond donors (Lipinski definition) is 2. The molecule has 0 radical (unpaired) electrons. The summed E-state index contributed by atoms with van der Waals surface area (Å²) in [7, 11) is 0. The standard InChI is InChI=1S/C15H16BrF3N2O2/c1-14(22)6-10(7-14)21-13-9(8-20)4-11(23-3-2-16)5-12(13)15(17,18)19/h4-5,10,21-22H,2-3,6-7H2,1H3/t10-,14+. The smallest absolute Gasteiger partial charge is 0.418 e. The van der Waals surface area contributed by atoms with Crippen LogP contribution in [-0.2, 0) is 6.18 Å². The molecule has 0 amide bonds. The van der Waals surface area contributed by atoms with Gasteiger partial charge in [-0.2, -0.15) is 18.4 Å². The molecule has 0 heterocycles. The van der Waals surface area contributed by atoms with Crippen LogP contribution in [0.3, 0.4) is 0 Å². The molecule has 0 unspecified atom stereocenters. The van der Waals surface area contributed by atoms with Gasteiger partial charge in [-0.3, -0.25) is 0 Å². The van der Waals surface area contributed by atoms with Crippen LogP contribution in [0.1, 0.15) is 30.9 Å². The first-order valence-electron chi connectivity index (χ1n) is 6.99. The average Bonchev–Trinajstić information content (AvgIpc) is 2.42. The summed E-state index contributed by atoms with van der Waals surface area (Å²) < 4.78 is 45.2. The summed E-state index contributed by atoms with van der Waals surface area (Å²) in [6, 6.07) is 3.66. The van der Waals surface area contributed by atoms with Gasteiger partial charge in [0.2, 0.25) is 0 Å². The molecule has 1 aliphatic rings. The van der Waals surface area contributed by atoms with E-state index in [1.807, 2.05) is 0 Å². The third-order valence-electron chi connectivity index (χ3n) is 3.60. The summed E-state index contributed by atoms with van der Waals surface area (Å²) in [5.41, 5.74) is -2.20. The Morgan fingerprint density at radius 1 is 1.48 bits per heavy atom. The summed E-state index contributed by atoms with van der Waals surface area (Å²) in [6.45, 7) is 1.82. The van der Waals surface area contributed by atoms with Gasteiger partial charge in [-0.15, -0.1) is 0 Å². The zero-order chi connectivity index (χ0) is 17.3. The van der Waals surface area contributed by atoms with Crippen LogP contribution in [0.2, 0.25) is 0 Å². The van der Waals surface area contributed by atoms with E-state index in [2.05, 4.69) is 21.2 Å². The maximum Gasteiger partial charge on any atom is 0.418 e. The number of nitriles is 1. The number of benzene rings is 1. The van der Waals surface area contributed by atoms with E-state index in [-0.39, 0.29) is 29.6 Å². The Morgan fingerprint density at radius 3 is 2.61 bits per heavy atom. The van der Waals surface area contributed by atoms with Crippen LogP contribution >= 0.6 is 15.9 Å². The quantitative estimate of drug-likeness (QED) is 0.750. The Balaban J connectivity index is 2.36. The largest absolute Gasteiger partial charge is 0.493 e. The van der Waals surface area contributed by atoms with Crippen molar-refractivity contribution >= 4 is 21.6 Å². The van der Waals surface area contributed by atoms with Crippen molar-refractivity contribution in [2.24, 2.45) is 0 Å². The van der Waals surface area contributed by atoms with Crippen molar-refractivity contribution in [3.05, 3.63) is 23.3 Å². The van der Waals surface area contributed by atoms with Gasteiger partial charge in [-0.05, 0) is 25.8 Å². The van der Waals surface area contributed by atoms with Crippen LogP contribution in [0.5, 0.6) is 5.75 Å². The lowest BCUT2D eigenvalue weighted by atomic mass is 9.77. The van der Waals surface area contributed by atoms with Gasteiger partial charge in [-0.1, -0.05) is 15.9 Å². The molecule has 23 heavy (non-hydrogen) atoms. The lowest BCUT2D eigenvalue weighted by Crippen LogP contribution is -2.48. The number of halogens is 4. The van der Waals surface area contributed by atoms with Crippen LogP contribution in [-0.4, -0.2) is 28.7 Å². The summed E-state index contributed by atoms with van der Waals surface area (Å²) in [5, 5.41) is 22.1. The van der Waals surface area contributed by atoms with Gasteiger partial charge in [0.25, 0.3) is 0 Å². The highest BCUT2D eigenvalue weighted by molar-refractivity contribution is 9.09. The Kier molecular flexibility index (Phi) is 5.11. The highest BCUT2D eigenvalue weighted by Crippen LogP contribution is 2.42. The van der Waals surface area contributed by atoms with Crippen molar-refractivity contribution < 1.29 is 23.0 Å². The number of rotatable bonds is 5. The molecule has 0 bridgehead atoms.